The molecule has 2 aromatic rings. The lowest BCUT2D eigenvalue weighted by Gasteiger charge is -2.21. The predicted octanol–water partition coefficient (Wildman–Crippen LogP) is 0.739. The molecule has 19 heavy (non-hydrogen) atoms. The Labute approximate surface area is 111 Å². The largest absolute Gasteiger partial charge is 0.368 e. The van der Waals surface area contributed by atoms with Crippen molar-refractivity contribution in [2.24, 2.45) is 7.05 Å². The van der Waals surface area contributed by atoms with Gasteiger partial charge in [-0.15, -0.1) is 0 Å². The number of imidazole rings is 1. The Hall–Kier alpha value is -1.73. The molecular formula is C12H17N5O2. The third kappa shape index (κ3) is 2.82. The fraction of sp³-hybridized carbons (Fsp3) is 0.583. The second-order valence-electron chi connectivity index (χ2n) is 4.66. The van der Waals surface area contributed by atoms with Crippen molar-refractivity contribution < 1.29 is 9.26 Å². The maximum atomic E-state index is 5.77. The van der Waals surface area contributed by atoms with Crippen LogP contribution in [0.25, 0.3) is 11.5 Å². The van der Waals surface area contributed by atoms with Crippen LogP contribution in [-0.4, -0.2) is 38.9 Å². The normalized spacial score (nSPS) is 16.9. The van der Waals surface area contributed by atoms with Crippen LogP contribution in [0.1, 0.15) is 18.7 Å². The van der Waals surface area contributed by atoms with E-state index >= 15 is 0 Å². The van der Waals surface area contributed by atoms with Gasteiger partial charge in [-0.05, 0) is 25.9 Å². The minimum absolute atomic E-state index is 0.285. The van der Waals surface area contributed by atoms with Gasteiger partial charge in [-0.3, -0.25) is 0 Å². The zero-order chi connectivity index (χ0) is 13.1. The van der Waals surface area contributed by atoms with Crippen molar-refractivity contribution in [1.82, 2.24) is 25.0 Å². The molecule has 0 spiro atoms. The molecular weight excluding hydrogens is 246 g/mol. The number of hydrogen-bond acceptors (Lipinski definition) is 6. The number of nitrogens with one attached hydrogen (secondary N) is 1. The molecule has 102 valence electrons. The van der Waals surface area contributed by atoms with E-state index in [-0.39, 0.29) is 6.10 Å². The first-order valence-electron chi connectivity index (χ1n) is 6.44. The average molecular weight is 263 g/mol. The van der Waals surface area contributed by atoms with Gasteiger partial charge in [-0.1, -0.05) is 5.16 Å². The number of aromatic nitrogens is 4. The van der Waals surface area contributed by atoms with Gasteiger partial charge in [0, 0.05) is 7.05 Å². The summed E-state index contributed by atoms with van der Waals surface area (Å²) < 4.78 is 12.8. The highest BCUT2D eigenvalue weighted by atomic mass is 16.5. The first-order chi connectivity index (χ1) is 9.33. The summed E-state index contributed by atoms with van der Waals surface area (Å²) in [6, 6.07) is 0. The Balaban J connectivity index is 1.60. The van der Waals surface area contributed by atoms with Crippen LogP contribution in [0.5, 0.6) is 0 Å². The highest BCUT2D eigenvalue weighted by Gasteiger charge is 2.16. The molecule has 0 atom stereocenters. The summed E-state index contributed by atoms with van der Waals surface area (Å²) in [5.74, 6) is 1.05. The SMILES string of the molecule is Cn1cncc1-c1noc(COC2CCNCC2)n1. The van der Waals surface area contributed by atoms with Gasteiger partial charge >= 0.3 is 0 Å². The molecule has 7 nitrogen and oxygen atoms in total. The van der Waals surface area contributed by atoms with E-state index in [1.807, 2.05) is 11.6 Å². The van der Waals surface area contributed by atoms with Crippen LogP contribution >= 0.6 is 0 Å². The quantitative estimate of drug-likeness (QED) is 0.876. The van der Waals surface area contributed by atoms with E-state index < -0.39 is 0 Å². The molecule has 2 aromatic heterocycles. The Morgan fingerprint density at radius 1 is 1.47 bits per heavy atom. The number of nitrogens with zero attached hydrogens (tertiary/aromatic N) is 4. The predicted molar refractivity (Wildman–Crippen MR) is 67.2 cm³/mol. The number of ether oxygens (including phenoxy) is 1. The van der Waals surface area contributed by atoms with Crippen molar-refractivity contribution in [1.29, 1.82) is 0 Å². The van der Waals surface area contributed by atoms with Crippen molar-refractivity contribution >= 4 is 0 Å². The first kappa shape index (κ1) is 12.3. The van der Waals surface area contributed by atoms with Gasteiger partial charge in [0.1, 0.15) is 12.3 Å². The Morgan fingerprint density at radius 2 is 2.32 bits per heavy atom. The summed E-state index contributed by atoms with van der Waals surface area (Å²) in [6.07, 6.45) is 5.76. The second kappa shape index (κ2) is 5.50. The van der Waals surface area contributed by atoms with E-state index in [9.17, 15) is 0 Å². The van der Waals surface area contributed by atoms with Gasteiger partial charge in [-0.2, -0.15) is 4.98 Å². The Morgan fingerprint density at radius 3 is 3.05 bits per heavy atom. The summed E-state index contributed by atoms with van der Waals surface area (Å²) >= 11 is 0. The van der Waals surface area contributed by atoms with Crippen molar-refractivity contribution in [3.05, 3.63) is 18.4 Å². The molecule has 0 saturated carbocycles. The lowest BCUT2D eigenvalue weighted by atomic mass is 10.1. The number of piperidine rings is 1. The van der Waals surface area contributed by atoms with Gasteiger partial charge in [0.05, 0.1) is 18.6 Å². The van der Waals surface area contributed by atoms with Crippen LogP contribution in [0.15, 0.2) is 17.0 Å². The van der Waals surface area contributed by atoms with Crippen molar-refractivity contribution in [2.45, 2.75) is 25.6 Å². The van der Waals surface area contributed by atoms with Crippen LogP contribution in [-0.2, 0) is 18.4 Å². The summed E-state index contributed by atoms with van der Waals surface area (Å²) in [5.41, 5.74) is 0.830. The van der Waals surface area contributed by atoms with E-state index in [4.69, 9.17) is 9.26 Å². The van der Waals surface area contributed by atoms with E-state index in [2.05, 4.69) is 20.4 Å². The zero-order valence-electron chi connectivity index (χ0n) is 10.9. The summed E-state index contributed by atoms with van der Waals surface area (Å²) in [5, 5.41) is 7.24. The van der Waals surface area contributed by atoms with Crippen LogP contribution in [0.3, 0.4) is 0 Å². The molecule has 0 radical (unpaired) electrons. The number of hydrogen-bond donors (Lipinski definition) is 1. The molecule has 7 heteroatoms. The molecule has 0 bridgehead atoms. The van der Waals surface area contributed by atoms with E-state index in [0.717, 1.165) is 31.6 Å². The Bertz CT molecular complexity index is 530. The summed E-state index contributed by atoms with van der Waals surface area (Å²) in [6.45, 7) is 2.39. The maximum absolute atomic E-state index is 5.77. The molecule has 1 saturated heterocycles. The van der Waals surface area contributed by atoms with Crippen molar-refractivity contribution in [2.75, 3.05) is 13.1 Å². The summed E-state index contributed by atoms with van der Waals surface area (Å²) in [4.78, 5) is 8.35. The minimum atomic E-state index is 0.285. The van der Waals surface area contributed by atoms with E-state index in [1.165, 1.54) is 0 Å². The van der Waals surface area contributed by atoms with Crippen molar-refractivity contribution in [3.8, 4) is 11.5 Å². The lowest BCUT2D eigenvalue weighted by molar-refractivity contribution is 0.00859. The fourth-order valence-electron chi connectivity index (χ4n) is 2.14. The molecule has 0 aromatic carbocycles. The third-order valence-corrected chi connectivity index (χ3v) is 3.24. The van der Waals surface area contributed by atoms with Crippen LogP contribution < -0.4 is 5.32 Å². The third-order valence-electron chi connectivity index (χ3n) is 3.24. The van der Waals surface area contributed by atoms with Gasteiger partial charge in [0.25, 0.3) is 5.89 Å². The topological polar surface area (TPSA) is 78.0 Å². The molecule has 1 N–H and O–H groups in total. The lowest BCUT2D eigenvalue weighted by Crippen LogP contribution is -2.32. The standard InChI is InChI=1S/C12H17N5O2/c1-17-8-14-6-10(17)12-15-11(19-16-12)7-18-9-2-4-13-5-3-9/h6,8-9,13H,2-5,7H2,1H3. The number of aryl methyl sites for hydroxylation is 1. The Kier molecular flexibility index (Phi) is 3.56. The molecule has 1 aliphatic rings. The van der Waals surface area contributed by atoms with Gasteiger partial charge in [0.15, 0.2) is 0 Å². The van der Waals surface area contributed by atoms with Gasteiger partial charge in [-0.25, -0.2) is 4.98 Å². The highest BCUT2D eigenvalue weighted by molar-refractivity contribution is 5.46. The second-order valence-corrected chi connectivity index (χ2v) is 4.66. The molecule has 1 aliphatic heterocycles. The van der Waals surface area contributed by atoms with E-state index in [1.54, 1.807) is 12.5 Å². The van der Waals surface area contributed by atoms with Crippen LogP contribution in [0, 0.1) is 0 Å². The monoisotopic (exact) mass is 263 g/mol. The van der Waals surface area contributed by atoms with Crippen LogP contribution in [0.4, 0.5) is 0 Å². The van der Waals surface area contributed by atoms with Gasteiger partial charge < -0.3 is 19.1 Å². The molecule has 3 rings (SSSR count). The summed E-state index contributed by atoms with van der Waals surface area (Å²) in [7, 11) is 1.89. The van der Waals surface area contributed by atoms with E-state index in [0.29, 0.717) is 18.3 Å². The zero-order valence-corrected chi connectivity index (χ0v) is 10.9. The van der Waals surface area contributed by atoms with Gasteiger partial charge in [0.2, 0.25) is 5.82 Å². The molecule has 0 amide bonds. The van der Waals surface area contributed by atoms with Crippen LogP contribution in [0.2, 0.25) is 0 Å². The molecule has 1 fully saturated rings. The molecule has 3 heterocycles. The smallest absolute Gasteiger partial charge is 0.253 e. The van der Waals surface area contributed by atoms with Crippen molar-refractivity contribution in [3.63, 3.8) is 0 Å². The highest BCUT2D eigenvalue weighted by Crippen LogP contribution is 2.15. The average Bonchev–Trinajstić information content (AvgIpc) is 3.06. The molecule has 0 aliphatic carbocycles. The first-order valence-corrected chi connectivity index (χ1v) is 6.44. The maximum Gasteiger partial charge on any atom is 0.253 e. The molecule has 0 unspecified atom stereocenters. The fourth-order valence-corrected chi connectivity index (χ4v) is 2.14. The number of rotatable bonds is 4. The minimum Gasteiger partial charge on any atom is -0.368 e.